The zero-order valence-electron chi connectivity index (χ0n) is 15.5. The Hall–Kier alpha value is -2.68. The number of methoxy groups -OCH3 is 1. The third-order valence-electron chi connectivity index (χ3n) is 3.88. The van der Waals surface area contributed by atoms with Gasteiger partial charge in [0.05, 0.1) is 0 Å². The lowest BCUT2D eigenvalue weighted by Crippen LogP contribution is -2.41. The number of halogens is 3. The average Bonchev–Trinajstić information content (AvgIpc) is 3.00. The number of allylic oxidation sites excluding steroid dienone is 3. The second kappa shape index (κ2) is 7.91. The Morgan fingerprint density at radius 2 is 1.96 bits per heavy atom. The minimum Gasteiger partial charge on any atom is -0.462 e. The lowest BCUT2D eigenvalue weighted by Gasteiger charge is -2.28. The van der Waals surface area contributed by atoms with Gasteiger partial charge in [-0.25, -0.2) is 4.99 Å². The van der Waals surface area contributed by atoms with Gasteiger partial charge in [0.15, 0.2) is 17.1 Å². The van der Waals surface area contributed by atoms with Gasteiger partial charge in [-0.3, -0.25) is 4.40 Å². The van der Waals surface area contributed by atoms with Crippen LogP contribution in [0.2, 0.25) is 0 Å². The molecule has 0 radical (unpaired) electrons. The smallest absolute Gasteiger partial charge is 0.427 e. The predicted octanol–water partition coefficient (Wildman–Crippen LogP) is 4.18. The van der Waals surface area contributed by atoms with Crippen molar-refractivity contribution in [2.75, 3.05) is 7.11 Å². The number of pyridine rings is 1. The van der Waals surface area contributed by atoms with Gasteiger partial charge in [-0.15, -0.1) is 10.2 Å². The van der Waals surface area contributed by atoms with Gasteiger partial charge < -0.3 is 9.47 Å². The van der Waals surface area contributed by atoms with E-state index >= 15 is 0 Å². The van der Waals surface area contributed by atoms with E-state index in [-0.39, 0.29) is 5.88 Å². The van der Waals surface area contributed by atoms with Crippen molar-refractivity contribution in [2.45, 2.75) is 39.2 Å². The van der Waals surface area contributed by atoms with Crippen molar-refractivity contribution in [3.8, 4) is 0 Å². The fourth-order valence-corrected chi connectivity index (χ4v) is 2.13. The summed E-state index contributed by atoms with van der Waals surface area (Å²) in [5, 5.41) is 8.08. The standard InChI is InChI=1S/C18H21F3N4O2/c1-12(6-9-16(22-4)27-17(2,3)18(19,20)21)13-7-8-14-23-24-15(11-26-5)25(14)10-13/h6-10H,4,11H2,1-3,5H3/b12-6+,16-9+. The van der Waals surface area contributed by atoms with Gasteiger partial charge in [0, 0.05) is 19.4 Å². The monoisotopic (exact) mass is 382 g/mol. The Bertz CT molecular complexity index is 882. The Balaban J connectivity index is 2.29. The summed E-state index contributed by atoms with van der Waals surface area (Å²) in [6, 6.07) is 3.63. The van der Waals surface area contributed by atoms with E-state index in [0.29, 0.717) is 18.1 Å². The maximum atomic E-state index is 13.0. The Kier molecular flexibility index (Phi) is 6.04. The van der Waals surface area contributed by atoms with Crippen LogP contribution in [-0.4, -0.2) is 40.2 Å². The molecule has 0 amide bonds. The van der Waals surface area contributed by atoms with E-state index in [1.54, 1.807) is 23.7 Å². The molecule has 2 aromatic rings. The molecule has 0 spiro atoms. The van der Waals surface area contributed by atoms with Crippen LogP contribution in [0, 0.1) is 0 Å². The fourth-order valence-electron chi connectivity index (χ4n) is 2.13. The molecule has 0 bridgehead atoms. The Morgan fingerprint density at radius 3 is 2.56 bits per heavy atom. The van der Waals surface area contributed by atoms with Crippen LogP contribution >= 0.6 is 0 Å². The highest BCUT2D eigenvalue weighted by Gasteiger charge is 2.50. The number of nitrogens with zero attached hydrogens (tertiary/aromatic N) is 4. The number of rotatable bonds is 7. The Labute approximate surface area is 155 Å². The first-order valence-electron chi connectivity index (χ1n) is 8.03. The average molecular weight is 382 g/mol. The highest BCUT2D eigenvalue weighted by atomic mass is 19.4. The van der Waals surface area contributed by atoms with Gasteiger partial charge in [-0.2, -0.15) is 13.2 Å². The maximum absolute atomic E-state index is 13.0. The summed E-state index contributed by atoms with van der Waals surface area (Å²) < 4.78 is 50.7. The minimum atomic E-state index is -4.53. The van der Waals surface area contributed by atoms with Gasteiger partial charge in [0.25, 0.3) is 0 Å². The molecule has 2 heterocycles. The van der Waals surface area contributed by atoms with E-state index in [1.165, 1.54) is 6.08 Å². The van der Waals surface area contributed by atoms with E-state index in [4.69, 9.17) is 9.47 Å². The van der Waals surface area contributed by atoms with E-state index in [1.807, 2.05) is 19.2 Å². The normalized spacial score (nSPS) is 13.9. The van der Waals surface area contributed by atoms with Crippen LogP contribution in [0.4, 0.5) is 13.2 Å². The molecule has 2 rings (SSSR count). The van der Waals surface area contributed by atoms with Crippen LogP contribution in [-0.2, 0) is 16.1 Å². The van der Waals surface area contributed by atoms with E-state index in [2.05, 4.69) is 21.9 Å². The number of alkyl halides is 3. The largest absolute Gasteiger partial charge is 0.462 e. The van der Waals surface area contributed by atoms with Gasteiger partial charge in [0.2, 0.25) is 5.88 Å². The molecule has 146 valence electrons. The first kappa shape index (κ1) is 20.6. The summed E-state index contributed by atoms with van der Waals surface area (Å²) in [6.45, 7) is 7.25. The zero-order chi connectivity index (χ0) is 20.2. The molecule has 0 saturated carbocycles. The number of fused-ring (bicyclic) bond motifs is 1. The molecular weight excluding hydrogens is 361 g/mol. The molecule has 2 aromatic heterocycles. The van der Waals surface area contributed by atoms with Crippen molar-refractivity contribution >= 4 is 17.9 Å². The van der Waals surface area contributed by atoms with Gasteiger partial charge >= 0.3 is 6.18 Å². The number of hydrogen-bond donors (Lipinski definition) is 0. The molecule has 27 heavy (non-hydrogen) atoms. The first-order chi connectivity index (χ1) is 12.6. The van der Waals surface area contributed by atoms with Gasteiger partial charge in [0.1, 0.15) is 6.61 Å². The quantitative estimate of drug-likeness (QED) is 0.410. The molecule has 9 heteroatoms. The third kappa shape index (κ3) is 4.73. The molecule has 0 fully saturated rings. The topological polar surface area (TPSA) is 61.0 Å². The molecule has 0 aliphatic heterocycles. The third-order valence-corrected chi connectivity index (χ3v) is 3.88. The second-order valence-electron chi connectivity index (χ2n) is 6.32. The van der Waals surface area contributed by atoms with Crippen molar-refractivity contribution in [2.24, 2.45) is 4.99 Å². The molecule has 0 atom stereocenters. The van der Waals surface area contributed by atoms with E-state index in [9.17, 15) is 13.2 Å². The highest BCUT2D eigenvalue weighted by molar-refractivity contribution is 5.66. The SMILES string of the molecule is C=N/C(=C\C=C(/C)c1ccc2nnc(COC)n2c1)OC(C)(C)C(F)(F)F. The van der Waals surface area contributed by atoms with Crippen molar-refractivity contribution < 1.29 is 22.6 Å². The number of ether oxygens (including phenoxy) is 2. The van der Waals surface area contributed by atoms with Crippen LogP contribution in [0.25, 0.3) is 11.2 Å². The lowest BCUT2D eigenvalue weighted by atomic mass is 10.1. The number of aromatic nitrogens is 3. The number of aliphatic imine (C=N–C) groups is 1. The predicted molar refractivity (Wildman–Crippen MR) is 96.2 cm³/mol. The van der Waals surface area contributed by atoms with E-state index in [0.717, 1.165) is 25.0 Å². The van der Waals surface area contributed by atoms with E-state index < -0.39 is 11.8 Å². The molecule has 0 aromatic carbocycles. The first-order valence-corrected chi connectivity index (χ1v) is 8.03. The molecule has 0 aliphatic carbocycles. The summed E-state index contributed by atoms with van der Waals surface area (Å²) in [7, 11) is 1.56. The van der Waals surface area contributed by atoms with Crippen molar-refractivity contribution in [1.82, 2.24) is 14.6 Å². The van der Waals surface area contributed by atoms with Crippen molar-refractivity contribution in [1.29, 1.82) is 0 Å². The van der Waals surface area contributed by atoms with Crippen LogP contribution in [0.3, 0.4) is 0 Å². The number of hydrogen-bond acceptors (Lipinski definition) is 5. The van der Waals surface area contributed by atoms with Crippen molar-refractivity contribution in [3.63, 3.8) is 0 Å². The summed E-state index contributed by atoms with van der Waals surface area (Å²) in [5.74, 6) is 0.420. The zero-order valence-corrected chi connectivity index (χ0v) is 15.5. The molecule has 0 aliphatic rings. The fraction of sp³-hybridized carbons (Fsp3) is 0.389. The maximum Gasteiger partial charge on any atom is 0.427 e. The molecule has 0 N–H and O–H groups in total. The lowest BCUT2D eigenvalue weighted by molar-refractivity contribution is -0.251. The summed E-state index contributed by atoms with van der Waals surface area (Å²) in [4.78, 5) is 3.54. The molecule has 0 unspecified atom stereocenters. The summed E-state index contributed by atoms with van der Waals surface area (Å²) in [6.07, 6.45) is 0.248. The van der Waals surface area contributed by atoms with Crippen LogP contribution in [0.1, 0.15) is 32.2 Å². The van der Waals surface area contributed by atoms with Gasteiger partial charge in [-0.1, -0.05) is 6.08 Å². The van der Waals surface area contributed by atoms with Gasteiger partial charge in [-0.05, 0) is 50.8 Å². The summed E-state index contributed by atoms with van der Waals surface area (Å²) in [5.41, 5.74) is -0.103. The highest BCUT2D eigenvalue weighted by Crippen LogP contribution is 2.34. The second-order valence-corrected chi connectivity index (χ2v) is 6.32. The van der Waals surface area contributed by atoms with Crippen LogP contribution < -0.4 is 0 Å². The van der Waals surface area contributed by atoms with Crippen LogP contribution in [0.5, 0.6) is 0 Å². The summed E-state index contributed by atoms with van der Waals surface area (Å²) >= 11 is 0. The molecule has 6 nitrogen and oxygen atoms in total. The minimum absolute atomic E-state index is 0.220. The van der Waals surface area contributed by atoms with Crippen molar-refractivity contribution in [3.05, 3.63) is 47.8 Å². The van der Waals surface area contributed by atoms with Crippen LogP contribution in [0.15, 0.2) is 41.4 Å². The molecular formula is C18H21F3N4O2. The molecule has 0 saturated heterocycles. The Morgan fingerprint density at radius 1 is 1.26 bits per heavy atom.